The lowest BCUT2D eigenvalue weighted by molar-refractivity contribution is 0.220. The fraction of sp³-hybridized carbons (Fsp3) is 0.625. The maximum atomic E-state index is 14.4. The number of hydrogen-bond acceptors (Lipinski definition) is 0. The third-order valence-corrected chi connectivity index (χ3v) is 8.92. The maximum Gasteiger partial charge on any atom is 0.126 e. The third-order valence-electron chi connectivity index (χ3n) is 8.92. The van der Waals surface area contributed by atoms with E-state index in [1.54, 1.807) is 0 Å². The number of halogens is 1. The van der Waals surface area contributed by atoms with Crippen LogP contribution in [0.1, 0.15) is 119 Å². The van der Waals surface area contributed by atoms with Gasteiger partial charge in [-0.3, -0.25) is 0 Å². The molecule has 0 radical (unpaired) electrons. The second-order valence-corrected chi connectivity index (χ2v) is 11.3. The van der Waals surface area contributed by atoms with Gasteiger partial charge >= 0.3 is 0 Å². The van der Waals surface area contributed by atoms with Crippen LogP contribution in [0.15, 0.2) is 48.5 Å². The van der Waals surface area contributed by atoms with Crippen molar-refractivity contribution in [3.05, 3.63) is 71.0 Å². The van der Waals surface area contributed by atoms with Crippen molar-refractivity contribution in [1.82, 2.24) is 0 Å². The van der Waals surface area contributed by atoms with Crippen molar-refractivity contribution >= 4 is 0 Å². The lowest BCUT2D eigenvalue weighted by atomic mass is 9.73. The highest BCUT2D eigenvalue weighted by molar-refractivity contribution is 5.27. The first-order valence-corrected chi connectivity index (χ1v) is 14.0. The van der Waals surface area contributed by atoms with Gasteiger partial charge in [0.25, 0.3) is 0 Å². The molecule has 0 unspecified atom stereocenters. The number of aryl methyl sites for hydroxylation is 1. The van der Waals surface area contributed by atoms with Crippen LogP contribution in [0.2, 0.25) is 0 Å². The predicted molar refractivity (Wildman–Crippen MR) is 139 cm³/mol. The Hall–Kier alpha value is -1.63. The molecule has 2 aliphatic rings. The highest BCUT2D eigenvalue weighted by atomic mass is 19.1. The predicted octanol–water partition coefficient (Wildman–Crippen LogP) is 9.83. The van der Waals surface area contributed by atoms with Gasteiger partial charge in [-0.05, 0) is 90.9 Å². The summed E-state index contributed by atoms with van der Waals surface area (Å²) in [5.41, 5.74) is 3.64. The Bertz CT molecular complexity index is 825. The van der Waals surface area contributed by atoms with E-state index in [-0.39, 0.29) is 5.82 Å². The average Bonchev–Trinajstić information content (AvgIpc) is 2.86. The van der Waals surface area contributed by atoms with Crippen molar-refractivity contribution < 1.29 is 4.39 Å². The van der Waals surface area contributed by atoms with Gasteiger partial charge in [-0.1, -0.05) is 101 Å². The fourth-order valence-electron chi connectivity index (χ4n) is 6.72. The summed E-state index contributed by atoms with van der Waals surface area (Å²) in [7, 11) is 0. The monoisotopic (exact) mass is 448 g/mol. The number of benzene rings is 2. The van der Waals surface area contributed by atoms with Crippen LogP contribution >= 0.6 is 0 Å². The van der Waals surface area contributed by atoms with E-state index in [0.717, 1.165) is 36.2 Å². The summed E-state index contributed by atoms with van der Waals surface area (Å²) in [6.45, 7) is 4.53. The first-order chi connectivity index (χ1) is 16.1. The van der Waals surface area contributed by atoms with Crippen LogP contribution in [0, 0.1) is 23.6 Å². The Balaban J connectivity index is 1.14. The Labute approximate surface area is 202 Å². The largest absolute Gasteiger partial charge is 0.207 e. The molecule has 33 heavy (non-hydrogen) atoms. The summed E-state index contributed by atoms with van der Waals surface area (Å²) in [6.07, 6.45) is 17.0. The summed E-state index contributed by atoms with van der Waals surface area (Å²) >= 11 is 0. The second-order valence-electron chi connectivity index (χ2n) is 11.3. The van der Waals surface area contributed by atoms with E-state index in [1.165, 1.54) is 81.8 Å². The average molecular weight is 449 g/mol. The molecule has 0 bridgehead atoms. The molecular weight excluding hydrogens is 403 g/mol. The first-order valence-electron chi connectivity index (χ1n) is 14.0. The van der Waals surface area contributed by atoms with Gasteiger partial charge in [-0.15, -0.1) is 0 Å². The van der Waals surface area contributed by atoms with Crippen LogP contribution in [-0.2, 0) is 6.42 Å². The van der Waals surface area contributed by atoms with Crippen LogP contribution in [-0.4, -0.2) is 0 Å². The Kier molecular flexibility index (Phi) is 9.04. The van der Waals surface area contributed by atoms with Gasteiger partial charge in [0.2, 0.25) is 0 Å². The van der Waals surface area contributed by atoms with E-state index in [9.17, 15) is 4.39 Å². The van der Waals surface area contributed by atoms with Crippen molar-refractivity contribution in [1.29, 1.82) is 0 Å². The van der Waals surface area contributed by atoms with Gasteiger partial charge in [0.05, 0.1) is 0 Å². The van der Waals surface area contributed by atoms with Crippen LogP contribution in [0.3, 0.4) is 0 Å². The van der Waals surface area contributed by atoms with Crippen molar-refractivity contribution in [2.75, 3.05) is 0 Å². The minimum atomic E-state index is 0.0187. The highest BCUT2D eigenvalue weighted by Crippen LogP contribution is 2.41. The van der Waals surface area contributed by atoms with Gasteiger partial charge < -0.3 is 0 Å². The van der Waals surface area contributed by atoms with E-state index in [4.69, 9.17) is 0 Å². The molecule has 0 spiro atoms. The topological polar surface area (TPSA) is 0 Å². The molecule has 180 valence electrons. The SMILES string of the molecule is CCCc1ccc(C2CCC(CCC3CCC(C[C@H](C)c4ccccc4)CC3)CC2)cc1F. The molecule has 0 saturated heterocycles. The van der Waals surface area contributed by atoms with E-state index >= 15 is 0 Å². The molecule has 0 aliphatic heterocycles. The summed E-state index contributed by atoms with van der Waals surface area (Å²) in [5, 5.41) is 0. The van der Waals surface area contributed by atoms with Crippen LogP contribution < -0.4 is 0 Å². The van der Waals surface area contributed by atoms with Crippen LogP contribution in [0.5, 0.6) is 0 Å². The normalized spacial score (nSPS) is 26.8. The second kappa shape index (κ2) is 12.2. The smallest absolute Gasteiger partial charge is 0.126 e. The molecule has 4 rings (SSSR count). The molecule has 2 aliphatic carbocycles. The van der Waals surface area contributed by atoms with Crippen LogP contribution in [0.25, 0.3) is 0 Å². The summed E-state index contributed by atoms with van der Waals surface area (Å²) < 4.78 is 14.4. The quantitative estimate of drug-likeness (QED) is 0.358. The number of hydrogen-bond donors (Lipinski definition) is 0. The zero-order valence-electron chi connectivity index (χ0n) is 21.1. The fourth-order valence-corrected chi connectivity index (χ4v) is 6.72. The molecule has 0 N–H and O–H groups in total. The summed E-state index contributed by atoms with van der Waals surface area (Å²) in [6, 6.07) is 17.2. The van der Waals surface area contributed by atoms with Crippen molar-refractivity contribution in [2.24, 2.45) is 17.8 Å². The zero-order chi connectivity index (χ0) is 23.0. The molecule has 2 aromatic carbocycles. The molecule has 2 saturated carbocycles. The lowest BCUT2D eigenvalue weighted by Crippen LogP contribution is -2.18. The summed E-state index contributed by atoms with van der Waals surface area (Å²) in [4.78, 5) is 0. The molecule has 0 aromatic heterocycles. The first kappa shape index (κ1) is 24.5. The molecule has 1 heteroatoms. The molecule has 0 heterocycles. The van der Waals surface area contributed by atoms with E-state index in [0.29, 0.717) is 11.8 Å². The van der Waals surface area contributed by atoms with Crippen molar-refractivity contribution in [2.45, 2.75) is 109 Å². The minimum absolute atomic E-state index is 0.0187. The van der Waals surface area contributed by atoms with Crippen LogP contribution in [0.4, 0.5) is 4.39 Å². The molecule has 0 nitrogen and oxygen atoms in total. The van der Waals surface area contributed by atoms with Crippen molar-refractivity contribution in [3.8, 4) is 0 Å². The van der Waals surface area contributed by atoms with Crippen molar-refractivity contribution in [3.63, 3.8) is 0 Å². The van der Waals surface area contributed by atoms with Gasteiger partial charge in [0, 0.05) is 0 Å². The Morgan fingerprint density at radius 2 is 1.39 bits per heavy atom. The molecule has 2 fully saturated rings. The van der Waals surface area contributed by atoms with E-state index < -0.39 is 0 Å². The Morgan fingerprint density at radius 3 is 2.00 bits per heavy atom. The number of rotatable bonds is 9. The Morgan fingerprint density at radius 1 is 0.788 bits per heavy atom. The minimum Gasteiger partial charge on any atom is -0.207 e. The molecule has 0 amide bonds. The molecule has 1 atom stereocenters. The third kappa shape index (κ3) is 6.93. The van der Waals surface area contributed by atoms with Gasteiger partial charge in [-0.2, -0.15) is 0 Å². The summed E-state index contributed by atoms with van der Waals surface area (Å²) in [5.74, 6) is 4.08. The van der Waals surface area contributed by atoms with E-state index in [2.05, 4.69) is 50.2 Å². The maximum absolute atomic E-state index is 14.4. The zero-order valence-corrected chi connectivity index (χ0v) is 21.1. The standard InChI is InChI=1S/C32H45F/c1-3-7-30-20-21-31(23-32(30)33)29-18-16-26(17-19-29)11-10-25-12-14-27(15-13-25)22-24(2)28-8-5-4-6-9-28/h4-6,8-9,20-21,23-27,29H,3,7,10-19,22H2,1-2H3/t24-,25?,26?,27?,29?/m0/s1. The van der Waals surface area contributed by atoms with Gasteiger partial charge in [0.15, 0.2) is 0 Å². The highest BCUT2D eigenvalue weighted by Gasteiger charge is 2.26. The van der Waals surface area contributed by atoms with E-state index in [1.807, 2.05) is 12.1 Å². The van der Waals surface area contributed by atoms with Gasteiger partial charge in [0.1, 0.15) is 5.82 Å². The molecular formula is C32H45F. The molecule has 2 aromatic rings. The van der Waals surface area contributed by atoms with Gasteiger partial charge in [-0.25, -0.2) is 4.39 Å². The lowest BCUT2D eigenvalue weighted by Gasteiger charge is -2.33.